The topological polar surface area (TPSA) is 37.8 Å². The van der Waals surface area contributed by atoms with Gasteiger partial charge in [-0.15, -0.1) is 0 Å². The van der Waals surface area contributed by atoms with Crippen molar-refractivity contribution in [3.05, 3.63) is 39.7 Å². The van der Waals surface area contributed by atoms with Crippen molar-refractivity contribution in [2.24, 2.45) is 0 Å². The number of aromatic nitrogens is 2. The van der Waals surface area contributed by atoms with Crippen molar-refractivity contribution in [2.75, 3.05) is 12.4 Å². The van der Waals surface area contributed by atoms with Crippen LogP contribution in [-0.2, 0) is 0 Å². The molecule has 0 aliphatic rings. The predicted octanol–water partition coefficient (Wildman–Crippen LogP) is 4.52. The highest BCUT2D eigenvalue weighted by atomic mass is 79.9. The van der Waals surface area contributed by atoms with E-state index in [1.165, 1.54) is 6.07 Å². The van der Waals surface area contributed by atoms with E-state index in [9.17, 15) is 4.39 Å². The first-order valence-electron chi connectivity index (χ1n) is 6.45. The van der Waals surface area contributed by atoms with Gasteiger partial charge in [0.05, 0.1) is 4.47 Å². The summed E-state index contributed by atoms with van der Waals surface area (Å²) in [6.07, 6.45) is 0. The Morgan fingerprint density at radius 3 is 2.50 bits per heavy atom. The van der Waals surface area contributed by atoms with E-state index in [0.717, 1.165) is 22.6 Å². The van der Waals surface area contributed by atoms with Gasteiger partial charge < -0.3 is 5.32 Å². The number of halogens is 2. The van der Waals surface area contributed by atoms with E-state index in [1.54, 1.807) is 12.1 Å². The molecule has 1 heterocycles. The Labute approximate surface area is 126 Å². The van der Waals surface area contributed by atoms with Crippen LogP contribution in [0.25, 0.3) is 11.4 Å². The van der Waals surface area contributed by atoms with E-state index in [4.69, 9.17) is 0 Å². The lowest BCUT2D eigenvalue weighted by molar-refractivity contribution is 0.621. The van der Waals surface area contributed by atoms with Gasteiger partial charge in [0.2, 0.25) is 0 Å². The maximum atomic E-state index is 13.3. The van der Waals surface area contributed by atoms with Gasteiger partial charge in [0, 0.05) is 23.9 Å². The second-order valence-corrected chi connectivity index (χ2v) is 5.78. The number of hydrogen-bond donors (Lipinski definition) is 1. The summed E-state index contributed by atoms with van der Waals surface area (Å²) in [4.78, 5) is 9.10. The SMILES string of the molecule is CNc1nc(-c2ccc(F)c(Br)c2)nc(C)c1C(C)C. The number of nitrogens with zero attached hydrogens (tertiary/aromatic N) is 2. The summed E-state index contributed by atoms with van der Waals surface area (Å²) in [5.41, 5.74) is 2.83. The molecule has 0 atom stereocenters. The van der Waals surface area contributed by atoms with Gasteiger partial charge in [-0.1, -0.05) is 13.8 Å². The third-order valence-corrected chi connectivity index (χ3v) is 3.74. The van der Waals surface area contributed by atoms with Crippen LogP contribution in [0.5, 0.6) is 0 Å². The smallest absolute Gasteiger partial charge is 0.161 e. The molecule has 0 radical (unpaired) electrons. The maximum absolute atomic E-state index is 13.3. The van der Waals surface area contributed by atoms with Crippen molar-refractivity contribution >= 4 is 21.7 Å². The number of anilines is 1. The first-order chi connectivity index (χ1) is 9.43. The van der Waals surface area contributed by atoms with Crippen LogP contribution in [0, 0.1) is 12.7 Å². The zero-order valence-electron chi connectivity index (χ0n) is 12.0. The van der Waals surface area contributed by atoms with E-state index in [1.807, 2.05) is 14.0 Å². The first-order valence-corrected chi connectivity index (χ1v) is 7.25. The van der Waals surface area contributed by atoms with Gasteiger partial charge in [-0.2, -0.15) is 0 Å². The highest BCUT2D eigenvalue weighted by molar-refractivity contribution is 9.10. The molecule has 0 saturated carbocycles. The van der Waals surface area contributed by atoms with E-state index in [0.29, 0.717) is 16.2 Å². The zero-order chi connectivity index (χ0) is 14.9. The van der Waals surface area contributed by atoms with Crippen LogP contribution in [0.1, 0.15) is 31.0 Å². The van der Waals surface area contributed by atoms with Gasteiger partial charge in [-0.3, -0.25) is 0 Å². The van der Waals surface area contributed by atoms with E-state index in [2.05, 4.69) is 45.1 Å². The van der Waals surface area contributed by atoms with Crippen LogP contribution in [0.2, 0.25) is 0 Å². The van der Waals surface area contributed by atoms with Crippen molar-refractivity contribution in [3.8, 4) is 11.4 Å². The molecule has 0 amide bonds. The predicted molar refractivity (Wildman–Crippen MR) is 83.5 cm³/mol. The minimum atomic E-state index is -0.293. The average Bonchev–Trinajstić information content (AvgIpc) is 2.40. The van der Waals surface area contributed by atoms with Crippen molar-refractivity contribution in [2.45, 2.75) is 26.7 Å². The van der Waals surface area contributed by atoms with Crippen LogP contribution in [0.4, 0.5) is 10.2 Å². The van der Waals surface area contributed by atoms with Crippen molar-refractivity contribution in [1.82, 2.24) is 9.97 Å². The largest absolute Gasteiger partial charge is 0.373 e. The summed E-state index contributed by atoms with van der Waals surface area (Å²) >= 11 is 3.19. The van der Waals surface area contributed by atoms with Gasteiger partial charge >= 0.3 is 0 Å². The van der Waals surface area contributed by atoms with Crippen LogP contribution < -0.4 is 5.32 Å². The molecule has 0 aliphatic carbocycles. The van der Waals surface area contributed by atoms with Gasteiger partial charge in [-0.05, 0) is 47.0 Å². The van der Waals surface area contributed by atoms with Crippen LogP contribution in [0.3, 0.4) is 0 Å². The Morgan fingerprint density at radius 1 is 1.25 bits per heavy atom. The number of hydrogen-bond acceptors (Lipinski definition) is 3. The molecule has 0 saturated heterocycles. The van der Waals surface area contributed by atoms with Gasteiger partial charge in [0.15, 0.2) is 5.82 Å². The standard InChI is InChI=1S/C15H17BrFN3/c1-8(2)13-9(3)19-14(20-15(13)18-4)10-5-6-12(17)11(16)7-10/h5-8H,1-4H3,(H,18,19,20). The molecule has 1 aromatic carbocycles. The monoisotopic (exact) mass is 337 g/mol. The number of aryl methyl sites for hydroxylation is 1. The molecule has 1 N–H and O–H groups in total. The minimum Gasteiger partial charge on any atom is -0.373 e. The lowest BCUT2D eigenvalue weighted by atomic mass is 10.0. The molecule has 5 heteroatoms. The van der Waals surface area contributed by atoms with Gasteiger partial charge in [0.25, 0.3) is 0 Å². The Bertz CT molecular complexity index is 641. The molecule has 106 valence electrons. The molecule has 3 nitrogen and oxygen atoms in total. The third-order valence-electron chi connectivity index (χ3n) is 3.13. The fraction of sp³-hybridized carbons (Fsp3) is 0.333. The van der Waals surface area contributed by atoms with Crippen molar-refractivity contribution in [3.63, 3.8) is 0 Å². The highest BCUT2D eigenvalue weighted by Gasteiger charge is 2.15. The summed E-state index contributed by atoms with van der Waals surface area (Å²) in [6.45, 7) is 6.20. The molecule has 2 aromatic rings. The molecular formula is C15H17BrFN3. The Morgan fingerprint density at radius 2 is 1.95 bits per heavy atom. The highest BCUT2D eigenvalue weighted by Crippen LogP contribution is 2.29. The van der Waals surface area contributed by atoms with E-state index < -0.39 is 0 Å². The Hall–Kier alpha value is -1.49. The maximum Gasteiger partial charge on any atom is 0.161 e. The van der Waals surface area contributed by atoms with E-state index in [-0.39, 0.29) is 5.82 Å². The molecule has 0 fully saturated rings. The Kier molecular flexibility index (Phi) is 4.38. The fourth-order valence-electron chi connectivity index (χ4n) is 2.23. The molecule has 0 spiro atoms. The zero-order valence-corrected chi connectivity index (χ0v) is 13.5. The summed E-state index contributed by atoms with van der Waals surface area (Å²) in [5.74, 6) is 1.46. The molecule has 0 bridgehead atoms. The lowest BCUT2D eigenvalue weighted by Crippen LogP contribution is -2.07. The second kappa shape index (κ2) is 5.87. The molecule has 2 rings (SSSR count). The molecule has 0 aliphatic heterocycles. The quantitative estimate of drug-likeness (QED) is 0.894. The number of rotatable bonds is 3. The number of benzene rings is 1. The van der Waals surface area contributed by atoms with Crippen LogP contribution in [-0.4, -0.2) is 17.0 Å². The second-order valence-electron chi connectivity index (χ2n) is 4.93. The molecule has 1 aromatic heterocycles. The summed E-state index contributed by atoms with van der Waals surface area (Å²) < 4.78 is 13.7. The van der Waals surface area contributed by atoms with Crippen LogP contribution >= 0.6 is 15.9 Å². The average molecular weight is 338 g/mol. The molecular weight excluding hydrogens is 321 g/mol. The van der Waals surface area contributed by atoms with Crippen LogP contribution in [0.15, 0.2) is 22.7 Å². The summed E-state index contributed by atoms with van der Waals surface area (Å²) in [7, 11) is 1.85. The normalized spacial score (nSPS) is 10.9. The van der Waals surface area contributed by atoms with Gasteiger partial charge in [0.1, 0.15) is 11.6 Å². The molecule has 0 unspecified atom stereocenters. The first kappa shape index (κ1) is 14.9. The summed E-state index contributed by atoms with van der Waals surface area (Å²) in [6, 6.07) is 4.79. The Balaban J connectivity index is 2.58. The minimum absolute atomic E-state index is 0.293. The van der Waals surface area contributed by atoms with E-state index >= 15 is 0 Å². The fourth-order valence-corrected chi connectivity index (χ4v) is 2.61. The lowest BCUT2D eigenvalue weighted by Gasteiger charge is -2.15. The summed E-state index contributed by atoms with van der Waals surface area (Å²) in [5, 5.41) is 3.12. The van der Waals surface area contributed by atoms with Crippen molar-refractivity contribution < 1.29 is 4.39 Å². The third kappa shape index (κ3) is 2.82. The van der Waals surface area contributed by atoms with Crippen molar-refractivity contribution in [1.29, 1.82) is 0 Å². The van der Waals surface area contributed by atoms with Gasteiger partial charge in [-0.25, -0.2) is 14.4 Å². The number of nitrogens with one attached hydrogen (secondary N) is 1. The molecule has 20 heavy (non-hydrogen) atoms.